The third kappa shape index (κ3) is 4.50. The Hall–Kier alpha value is -2.83. The van der Waals surface area contributed by atoms with Crippen LogP contribution in [0.3, 0.4) is 0 Å². The predicted molar refractivity (Wildman–Crippen MR) is 123 cm³/mol. The summed E-state index contributed by atoms with van der Waals surface area (Å²) in [5.41, 5.74) is 4.52. The molecule has 1 fully saturated rings. The largest absolute Gasteiger partial charge is 0.493 e. The highest BCUT2D eigenvalue weighted by Crippen LogP contribution is 2.41. The van der Waals surface area contributed by atoms with Crippen molar-refractivity contribution in [2.45, 2.75) is 37.9 Å². The number of ether oxygens (including phenoxy) is 1. The van der Waals surface area contributed by atoms with Gasteiger partial charge in [-0.3, -0.25) is 5.84 Å². The van der Waals surface area contributed by atoms with Gasteiger partial charge >= 0.3 is 6.18 Å². The third-order valence-corrected chi connectivity index (χ3v) is 6.82. The van der Waals surface area contributed by atoms with Crippen LogP contribution in [0.5, 0.6) is 5.75 Å². The van der Waals surface area contributed by atoms with Crippen LogP contribution in [-0.2, 0) is 19.0 Å². The Balaban J connectivity index is 1.49. The van der Waals surface area contributed by atoms with Crippen LogP contribution in [0.15, 0.2) is 66.7 Å². The molecule has 1 saturated heterocycles. The van der Waals surface area contributed by atoms with Gasteiger partial charge in [0.2, 0.25) is 0 Å². The van der Waals surface area contributed by atoms with Crippen LogP contribution in [-0.4, -0.2) is 18.2 Å². The van der Waals surface area contributed by atoms with Gasteiger partial charge in [0.15, 0.2) is 0 Å². The van der Waals surface area contributed by atoms with Gasteiger partial charge in [-0.2, -0.15) is 13.2 Å². The maximum Gasteiger partial charge on any atom is 0.416 e. The Morgan fingerprint density at radius 1 is 0.970 bits per heavy atom. The third-order valence-electron chi connectivity index (χ3n) is 6.82. The highest BCUT2D eigenvalue weighted by Gasteiger charge is 2.33. The number of hydrogen-bond donors (Lipinski definition) is 1. The van der Waals surface area contributed by atoms with Gasteiger partial charge in [0.1, 0.15) is 5.75 Å². The second kappa shape index (κ2) is 8.84. The minimum atomic E-state index is -4.34. The minimum Gasteiger partial charge on any atom is -0.493 e. The molecule has 2 aliphatic rings. The van der Waals surface area contributed by atoms with E-state index in [0.717, 1.165) is 72.4 Å². The molecule has 0 amide bonds. The average molecular weight is 453 g/mol. The fourth-order valence-electron chi connectivity index (χ4n) is 5.27. The summed E-state index contributed by atoms with van der Waals surface area (Å²) in [5, 5.41) is 1.95. The molecule has 0 radical (unpaired) electrons. The maximum atomic E-state index is 13.0. The van der Waals surface area contributed by atoms with E-state index in [1.165, 1.54) is 5.56 Å². The molecule has 33 heavy (non-hydrogen) atoms. The van der Waals surface area contributed by atoms with Crippen LogP contribution in [0, 0.1) is 5.92 Å². The zero-order valence-electron chi connectivity index (χ0n) is 18.3. The molecule has 0 aliphatic carbocycles. The zero-order chi connectivity index (χ0) is 23.0. The Morgan fingerprint density at radius 2 is 1.73 bits per heavy atom. The Morgan fingerprint density at radius 3 is 2.45 bits per heavy atom. The smallest absolute Gasteiger partial charge is 0.416 e. The lowest BCUT2D eigenvalue weighted by molar-refractivity contribution is -0.137. The first-order valence-electron chi connectivity index (χ1n) is 11.4. The second-order valence-electron chi connectivity index (χ2n) is 9.00. The van der Waals surface area contributed by atoms with E-state index in [2.05, 4.69) is 24.3 Å². The number of nitrogens with two attached hydrogens (primary N) is 1. The quantitative estimate of drug-likeness (QED) is 0.481. The summed E-state index contributed by atoms with van der Waals surface area (Å²) in [6, 6.07) is 20.0. The number of nitrogens with zero attached hydrogens (tertiary/aromatic N) is 1. The molecular formula is C27H27F3N2O. The summed E-state index contributed by atoms with van der Waals surface area (Å²) in [4.78, 5) is 0. The van der Waals surface area contributed by atoms with Crippen molar-refractivity contribution in [1.29, 1.82) is 0 Å². The van der Waals surface area contributed by atoms with E-state index < -0.39 is 11.7 Å². The summed E-state index contributed by atoms with van der Waals surface area (Å²) in [6.07, 6.45) is -0.619. The fraction of sp³-hybridized carbons (Fsp3) is 0.333. The highest BCUT2D eigenvalue weighted by molar-refractivity contribution is 5.68. The van der Waals surface area contributed by atoms with Gasteiger partial charge in [0.05, 0.1) is 18.2 Å². The molecule has 0 spiro atoms. The van der Waals surface area contributed by atoms with Crippen molar-refractivity contribution >= 4 is 0 Å². The number of benzene rings is 3. The van der Waals surface area contributed by atoms with E-state index in [1.54, 1.807) is 12.1 Å². The van der Waals surface area contributed by atoms with Gasteiger partial charge in [-0.15, -0.1) is 0 Å². The molecule has 0 saturated carbocycles. The number of fused-ring (bicyclic) bond motifs is 1. The number of rotatable bonds is 4. The van der Waals surface area contributed by atoms with Crippen LogP contribution >= 0.6 is 0 Å². The molecule has 2 atom stereocenters. The van der Waals surface area contributed by atoms with Gasteiger partial charge in [0.25, 0.3) is 0 Å². The monoisotopic (exact) mass is 452 g/mol. The number of halogens is 3. The van der Waals surface area contributed by atoms with Crippen molar-refractivity contribution in [3.8, 4) is 16.9 Å². The van der Waals surface area contributed by atoms with E-state index in [4.69, 9.17) is 10.6 Å². The number of alkyl halides is 3. The van der Waals surface area contributed by atoms with Crippen LogP contribution < -0.4 is 10.6 Å². The summed E-state index contributed by atoms with van der Waals surface area (Å²) in [6.45, 7) is 1.49. The Bertz CT molecular complexity index is 1110. The van der Waals surface area contributed by atoms with Crippen molar-refractivity contribution in [3.05, 3.63) is 89.0 Å². The van der Waals surface area contributed by atoms with Gasteiger partial charge < -0.3 is 4.74 Å². The molecule has 3 nitrogen and oxygen atoms in total. The lowest BCUT2D eigenvalue weighted by atomic mass is 9.80. The van der Waals surface area contributed by atoms with E-state index >= 15 is 0 Å². The summed E-state index contributed by atoms with van der Waals surface area (Å²) < 4.78 is 45.0. The molecule has 172 valence electrons. The van der Waals surface area contributed by atoms with Crippen molar-refractivity contribution in [3.63, 3.8) is 0 Å². The van der Waals surface area contributed by atoms with E-state index in [-0.39, 0.29) is 6.04 Å². The minimum absolute atomic E-state index is 0.117. The predicted octanol–water partition coefficient (Wildman–Crippen LogP) is 6.18. The van der Waals surface area contributed by atoms with Crippen LogP contribution in [0.2, 0.25) is 0 Å². The van der Waals surface area contributed by atoms with Crippen molar-refractivity contribution in [2.75, 3.05) is 13.2 Å². The first-order valence-corrected chi connectivity index (χ1v) is 11.4. The molecule has 6 heteroatoms. The van der Waals surface area contributed by atoms with Crippen LogP contribution in [0.1, 0.15) is 41.1 Å². The lowest BCUT2D eigenvalue weighted by Crippen LogP contribution is -2.44. The van der Waals surface area contributed by atoms with Crippen molar-refractivity contribution in [1.82, 2.24) is 5.01 Å². The lowest BCUT2D eigenvalue weighted by Gasteiger charge is -2.39. The molecule has 0 unspecified atom stereocenters. The number of hydrogen-bond acceptors (Lipinski definition) is 3. The Kier molecular flexibility index (Phi) is 5.89. The SMILES string of the molecule is NN1CCC[C@@H](Cc2cc(-c3ccc(C(F)(F)F)cc3)cc3c2OCC3)[C@H]1c1ccccc1. The van der Waals surface area contributed by atoms with Gasteiger partial charge in [-0.1, -0.05) is 42.5 Å². The molecule has 3 aromatic carbocycles. The molecule has 3 aromatic rings. The van der Waals surface area contributed by atoms with Crippen LogP contribution in [0.25, 0.3) is 11.1 Å². The van der Waals surface area contributed by atoms with E-state index in [9.17, 15) is 13.2 Å². The molecule has 0 aromatic heterocycles. The van der Waals surface area contributed by atoms with E-state index in [1.807, 2.05) is 23.2 Å². The fourth-order valence-corrected chi connectivity index (χ4v) is 5.27. The summed E-state index contributed by atoms with van der Waals surface area (Å²) in [5.74, 6) is 7.71. The molecule has 2 heterocycles. The zero-order valence-corrected chi connectivity index (χ0v) is 18.3. The van der Waals surface area contributed by atoms with Crippen molar-refractivity contribution < 1.29 is 17.9 Å². The standard InChI is InChI=1S/C27H27F3N2O/c28-27(29,30)24-10-8-18(9-11-24)22-16-21-12-14-33-26(21)23(17-22)15-20-7-4-13-32(31)25(20)19-5-2-1-3-6-19/h1-3,5-6,8-11,16-17,20,25H,4,7,12-15,31H2/t20-,25+/m0/s1. The number of hydrazine groups is 1. The Labute approximate surface area is 191 Å². The van der Waals surface area contributed by atoms with Gasteiger partial charge in [-0.05, 0) is 77.3 Å². The molecule has 0 bridgehead atoms. The summed E-state index contributed by atoms with van der Waals surface area (Å²) >= 11 is 0. The normalized spacial score (nSPS) is 21.0. The first-order chi connectivity index (χ1) is 15.9. The van der Waals surface area contributed by atoms with Crippen molar-refractivity contribution in [2.24, 2.45) is 11.8 Å². The molecule has 5 rings (SSSR count). The number of piperidine rings is 1. The van der Waals surface area contributed by atoms with Gasteiger partial charge in [0, 0.05) is 13.0 Å². The first kappa shape index (κ1) is 22.0. The molecule has 2 N–H and O–H groups in total. The highest BCUT2D eigenvalue weighted by atomic mass is 19.4. The summed E-state index contributed by atoms with van der Waals surface area (Å²) in [7, 11) is 0. The molecule has 2 aliphatic heterocycles. The van der Waals surface area contributed by atoms with Crippen LogP contribution in [0.4, 0.5) is 13.2 Å². The van der Waals surface area contributed by atoms with E-state index in [0.29, 0.717) is 12.5 Å². The topological polar surface area (TPSA) is 38.5 Å². The maximum absolute atomic E-state index is 13.0. The molecular weight excluding hydrogens is 425 g/mol. The average Bonchev–Trinajstić information content (AvgIpc) is 3.28. The second-order valence-corrected chi connectivity index (χ2v) is 9.00. The van der Waals surface area contributed by atoms with Gasteiger partial charge in [-0.25, -0.2) is 5.01 Å².